The lowest BCUT2D eigenvalue weighted by Crippen LogP contribution is -2.20. The number of benzene rings is 11. The first-order valence-electron chi connectivity index (χ1n) is 20.2. The van der Waals surface area contributed by atoms with Gasteiger partial charge in [-0.3, -0.25) is 0 Å². The Labute approximate surface area is 336 Å². The van der Waals surface area contributed by atoms with E-state index in [9.17, 15) is 4.39 Å². The summed E-state index contributed by atoms with van der Waals surface area (Å²) in [5.41, 5.74) is 10.7. The Morgan fingerprint density at radius 2 is 0.828 bits per heavy atom. The van der Waals surface area contributed by atoms with Crippen molar-refractivity contribution in [3.63, 3.8) is 0 Å². The maximum Gasteiger partial charge on any atom is 0.118 e. The van der Waals surface area contributed by atoms with Crippen LogP contribution in [0.25, 0.3) is 109 Å². The van der Waals surface area contributed by atoms with Gasteiger partial charge in [0.15, 0.2) is 0 Å². The zero-order valence-corrected chi connectivity index (χ0v) is 32.1. The molecule has 272 valence electrons. The minimum absolute atomic E-state index is 0.153. The van der Waals surface area contributed by atoms with Gasteiger partial charge in [0.1, 0.15) is 5.83 Å². The molecule has 0 saturated carbocycles. The molecule has 1 atom stereocenters. The number of halogens is 1. The SMILES string of the molecule is CC1(c2ccc3ccc4c(-c5cccc(-c6ccc(-c7cccc(-c8ccc9ccc%10cccc%11ccc8c9c%10%11)c7)cc6)c5)ccc5ccc2c3c54)C=CC(F)=CC1. The van der Waals surface area contributed by atoms with Gasteiger partial charge in [-0.05, 0) is 145 Å². The molecular weight excluding hydrogens is 704 g/mol. The average Bonchev–Trinajstić information content (AvgIpc) is 3.28. The van der Waals surface area contributed by atoms with Crippen molar-refractivity contribution in [2.45, 2.75) is 18.8 Å². The van der Waals surface area contributed by atoms with Crippen molar-refractivity contribution < 1.29 is 4.39 Å². The van der Waals surface area contributed by atoms with Crippen molar-refractivity contribution in [1.82, 2.24) is 0 Å². The fraction of sp³-hybridized carbons (Fsp3) is 0.0526. The van der Waals surface area contributed by atoms with Gasteiger partial charge < -0.3 is 0 Å². The Hall–Kier alpha value is -7.09. The lowest BCUT2D eigenvalue weighted by molar-refractivity contribution is 0.567. The highest BCUT2D eigenvalue weighted by atomic mass is 19.1. The predicted molar refractivity (Wildman–Crippen MR) is 246 cm³/mol. The zero-order chi connectivity index (χ0) is 38.5. The quantitative estimate of drug-likeness (QED) is 0.154. The summed E-state index contributed by atoms with van der Waals surface area (Å²) in [6.07, 6.45) is 6.01. The molecule has 58 heavy (non-hydrogen) atoms. The molecule has 0 spiro atoms. The molecule has 0 nitrogen and oxygen atoms in total. The third-order valence-corrected chi connectivity index (χ3v) is 13.0. The van der Waals surface area contributed by atoms with Crippen molar-refractivity contribution in [2.24, 2.45) is 0 Å². The molecule has 0 bridgehead atoms. The van der Waals surface area contributed by atoms with Crippen molar-refractivity contribution in [3.8, 4) is 44.5 Å². The first-order chi connectivity index (χ1) is 28.5. The summed E-state index contributed by atoms with van der Waals surface area (Å²) in [7, 11) is 0. The van der Waals surface area contributed by atoms with Crippen LogP contribution in [0.15, 0.2) is 200 Å². The van der Waals surface area contributed by atoms with E-state index in [-0.39, 0.29) is 11.2 Å². The highest BCUT2D eigenvalue weighted by Crippen LogP contribution is 2.45. The molecule has 11 aromatic rings. The van der Waals surface area contributed by atoms with E-state index in [1.54, 1.807) is 12.2 Å². The summed E-state index contributed by atoms with van der Waals surface area (Å²) in [5, 5.41) is 15.4. The molecular formula is C57H37F. The normalized spacial score (nSPS) is 15.8. The molecule has 0 amide bonds. The highest BCUT2D eigenvalue weighted by Gasteiger charge is 2.28. The Balaban J connectivity index is 0.897. The van der Waals surface area contributed by atoms with Crippen LogP contribution in [0.4, 0.5) is 4.39 Å². The van der Waals surface area contributed by atoms with Crippen LogP contribution in [0.1, 0.15) is 18.9 Å². The molecule has 1 heteroatoms. The van der Waals surface area contributed by atoms with E-state index in [2.05, 4.69) is 183 Å². The number of rotatable bonds is 5. The molecule has 0 N–H and O–H groups in total. The van der Waals surface area contributed by atoms with Gasteiger partial charge in [-0.25, -0.2) is 4.39 Å². The summed E-state index contributed by atoms with van der Waals surface area (Å²) >= 11 is 0. The standard InChI is InChI=1S/C57H37F/c1-57(31-29-46(58)30-32-57)52-28-22-41-20-26-50-48(24-18-40-21-27-51(52)56(41)55(40)50)45-10-4-8-43(34-45)36-13-11-35(12-14-36)42-7-3-9-44(33-42)47-23-17-39-16-15-37-5-2-6-38-19-25-49(47)54(39)53(37)38/h2-31,33-34H,32H2,1H3. The molecule has 0 fully saturated rings. The van der Waals surface area contributed by atoms with E-state index in [4.69, 9.17) is 0 Å². The van der Waals surface area contributed by atoms with Crippen molar-refractivity contribution in [1.29, 1.82) is 0 Å². The zero-order valence-electron chi connectivity index (χ0n) is 32.1. The lowest BCUT2D eigenvalue weighted by atomic mass is 9.74. The summed E-state index contributed by atoms with van der Waals surface area (Å²) < 4.78 is 14.0. The smallest absolute Gasteiger partial charge is 0.118 e. The first kappa shape index (κ1) is 33.1. The van der Waals surface area contributed by atoms with Crippen LogP contribution >= 0.6 is 0 Å². The molecule has 0 aliphatic heterocycles. The fourth-order valence-corrected chi connectivity index (χ4v) is 10.0. The van der Waals surface area contributed by atoms with Crippen LogP contribution in [-0.2, 0) is 5.41 Å². The van der Waals surface area contributed by atoms with Gasteiger partial charge in [0.05, 0.1) is 0 Å². The van der Waals surface area contributed by atoms with E-state index < -0.39 is 0 Å². The number of hydrogen-bond acceptors (Lipinski definition) is 0. The van der Waals surface area contributed by atoms with Crippen LogP contribution in [0, 0.1) is 0 Å². The van der Waals surface area contributed by atoms with Gasteiger partial charge in [-0.15, -0.1) is 0 Å². The predicted octanol–water partition coefficient (Wildman–Crippen LogP) is 16.2. The summed E-state index contributed by atoms with van der Waals surface area (Å²) in [6.45, 7) is 2.22. The third-order valence-electron chi connectivity index (χ3n) is 13.0. The minimum Gasteiger partial charge on any atom is -0.207 e. The van der Waals surface area contributed by atoms with E-state index >= 15 is 0 Å². The van der Waals surface area contributed by atoms with Gasteiger partial charge >= 0.3 is 0 Å². The maximum atomic E-state index is 14.0. The summed E-state index contributed by atoms with van der Waals surface area (Å²) in [5.74, 6) is -0.153. The second-order valence-corrected chi connectivity index (χ2v) is 16.4. The molecule has 0 radical (unpaired) electrons. The van der Waals surface area contributed by atoms with E-state index in [0.29, 0.717) is 6.42 Å². The molecule has 0 heterocycles. The Morgan fingerprint density at radius 1 is 0.397 bits per heavy atom. The van der Waals surface area contributed by atoms with Gasteiger partial charge in [-0.2, -0.15) is 0 Å². The van der Waals surface area contributed by atoms with E-state index in [1.165, 1.54) is 115 Å². The van der Waals surface area contributed by atoms with Crippen LogP contribution in [-0.4, -0.2) is 0 Å². The molecule has 1 unspecified atom stereocenters. The van der Waals surface area contributed by atoms with Crippen LogP contribution in [0.5, 0.6) is 0 Å². The minimum atomic E-state index is -0.265. The lowest BCUT2D eigenvalue weighted by Gasteiger charge is -2.29. The van der Waals surface area contributed by atoms with Gasteiger partial charge in [-0.1, -0.05) is 177 Å². The van der Waals surface area contributed by atoms with Gasteiger partial charge in [0.25, 0.3) is 0 Å². The van der Waals surface area contributed by atoms with Gasteiger partial charge in [0, 0.05) is 5.41 Å². The van der Waals surface area contributed by atoms with Crippen LogP contribution in [0.2, 0.25) is 0 Å². The second-order valence-electron chi connectivity index (χ2n) is 16.4. The Kier molecular flexibility index (Phi) is 7.10. The molecule has 12 rings (SSSR count). The monoisotopic (exact) mass is 740 g/mol. The second kappa shape index (κ2) is 12.5. The number of allylic oxidation sites excluding steroid dienone is 4. The van der Waals surface area contributed by atoms with E-state index in [0.717, 1.165) is 0 Å². The summed E-state index contributed by atoms with van der Waals surface area (Å²) in [6, 6.07) is 65.2. The molecule has 1 aliphatic rings. The average molecular weight is 741 g/mol. The molecule has 0 aromatic heterocycles. The Morgan fingerprint density at radius 3 is 1.38 bits per heavy atom. The molecule has 0 saturated heterocycles. The van der Waals surface area contributed by atoms with Crippen molar-refractivity contribution in [2.75, 3.05) is 0 Å². The topological polar surface area (TPSA) is 0 Å². The first-order valence-corrected chi connectivity index (χ1v) is 20.2. The maximum absolute atomic E-state index is 14.0. The Bertz CT molecular complexity index is 3480. The molecule has 11 aromatic carbocycles. The molecule has 1 aliphatic carbocycles. The third kappa shape index (κ3) is 5.00. The number of hydrogen-bond donors (Lipinski definition) is 0. The van der Waals surface area contributed by atoms with Crippen LogP contribution in [0.3, 0.4) is 0 Å². The largest absolute Gasteiger partial charge is 0.207 e. The summed E-state index contributed by atoms with van der Waals surface area (Å²) in [4.78, 5) is 0. The van der Waals surface area contributed by atoms with Crippen molar-refractivity contribution >= 4 is 64.6 Å². The highest BCUT2D eigenvalue weighted by molar-refractivity contribution is 6.27. The van der Waals surface area contributed by atoms with E-state index in [1.807, 2.05) is 6.08 Å². The van der Waals surface area contributed by atoms with Crippen LogP contribution < -0.4 is 0 Å². The van der Waals surface area contributed by atoms with Crippen molar-refractivity contribution in [3.05, 3.63) is 206 Å². The van der Waals surface area contributed by atoms with Gasteiger partial charge in [0.2, 0.25) is 0 Å². The fourth-order valence-electron chi connectivity index (χ4n) is 10.0.